The van der Waals surface area contributed by atoms with Crippen LogP contribution in [-0.2, 0) is 9.59 Å². The zero-order valence-corrected chi connectivity index (χ0v) is 17.6. The van der Waals surface area contributed by atoms with Crippen LogP contribution in [0.5, 0.6) is 0 Å². The Balaban J connectivity index is 1.23. The summed E-state index contributed by atoms with van der Waals surface area (Å²) in [5, 5.41) is 3.18. The zero-order valence-electron chi connectivity index (χ0n) is 17.6. The molecular weight excluding hydrogens is 360 g/mol. The van der Waals surface area contributed by atoms with E-state index in [1.54, 1.807) is 0 Å². The molecule has 4 saturated carbocycles. The summed E-state index contributed by atoms with van der Waals surface area (Å²) in [4.78, 5) is 28.7. The molecule has 0 radical (unpaired) electrons. The third-order valence-corrected chi connectivity index (χ3v) is 8.30. The van der Waals surface area contributed by atoms with Crippen LogP contribution < -0.4 is 5.32 Å². The third-order valence-electron chi connectivity index (χ3n) is 8.30. The number of rotatable bonds is 6. The quantitative estimate of drug-likeness (QED) is 0.790. The lowest BCUT2D eigenvalue weighted by Gasteiger charge is -2.56. The molecule has 1 amide bonds. The van der Waals surface area contributed by atoms with Gasteiger partial charge in [0.15, 0.2) is 5.78 Å². The summed E-state index contributed by atoms with van der Waals surface area (Å²) in [6.45, 7) is 3.38. The Bertz CT molecular complexity index is 739. The van der Waals surface area contributed by atoms with E-state index in [0.29, 0.717) is 12.3 Å². The maximum Gasteiger partial charge on any atom is 0.237 e. The Morgan fingerprint density at radius 1 is 1.07 bits per heavy atom. The van der Waals surface area contributed by atoms with Crippen molar-refractivity contribution in [3.63, 3.8) is 0 Å². The highest BCUT2D eigenvalue weighted by Crippen LogP contribution is 2.60. The summed E-state index contributed by atoms with van der Waals surface area (Å²) in [7, 11) is 0. The highest BCUT2D eigenvalue weighted by molar-refractivity contribution is 5.88. The van der Waals surface area contributed by atoms with Gasteiger partial charge in [-0.15, -0.1) is 0 Å². The van der Waals surface area contributed by atoms with E-state index in [1.165, 1.54) is 19.3 Å². The minimum Gasteiger partial charge on any atom is -0.348 e. The van der Waals surface area contributed by atoms with E-state index in [9.17, 15) is 9.59 Å². The fourth-order valence-electron chi connectivity index (χ4n) is 7.25. The second kappa shape index (κ2) is 7.54. The van der Waals surface area contributed by atoms with Crippen LogP contribution in [0.25, 0.3) is 0 Å². The zero-order chi connectivity index (χ0) is 20.0. The first kappa shape index (κ1) is 19.3. The number of likely N-dealkylation sites (tertiary alicyclic amines) is 1. The fourth-order valence-corrected chi connectivity index (χ4v) is 7.25. The van der Waals surface area contributed by atoms with Gasteiger partial charge in [0.1, 0.15) is 0 Å². The molecule has 5 aliphatic rings. The molecule has 1 aliphatic heterocycles. The molecule has 0 spiro atoms. The first-order valence-corrected chi connectivity index (χ1v) is 11.6. The van der Waals surface area contributed by atoms with Crippen molar-refractivity contribution in [2.45, 2.75) is 70.4 Å². The van der Waals surface area contributed by atoms with Crippen LogP contribution in [0.2, 0.25) is 0 Å². The molecule has 1 saturated heterocycles. The molecule has 6 rings (SSSR count). The van der Waals surface area contributed by atoms with Crippen LogP contribution in [0, 0.1) is 23.2 Å². The van der Waals surface area contributed by atoms with E-state index in [-0.39, 0.29) is 23.4 Å². The largest absolute Gasteiger partial charge is 0.348 e. The molecule has 1 N–H and O–H groups in total. The predicted octanol–water partition coefficient (Wildman–Crippen LogP) is 4.11. The van der Waals surface area contributed by atoms with Gasteiger partial charge >= 0.3 is 0 Å². The second-order valence-corrected chi connectivity index (χ2v) is 10.4. The van der Waals surface area contributed by atoms with Gasteiger partial charge in [-0.05, 0) is 88.2 Å². The minimum absolute atomic E-state index is 0.00925. The van der Waals surface area contributed by atoms with Gasteiger partial charge in [-0.3, -0.25) is 14.5 Å². The maximum absolute atomic E-state index is 13.5. The van der Waals surface area contributed by atoms with Gasteiger partial charge in [-0.1, -0.05) is 30.3 Å². The molecule has 156 valence electrons. The summed E-state index contributed by atoms with van der Waals surface area (Å²) in [5.41, 5.74) is 1.06. The SMILES string of the molecule is C[C@@H](NC(=O)[C@@H]1CCCN1CC(=O)C12CC3CC(CC(C3)C1)C2)c1ccccc1. The van der Waals surface area contributed by atoms with Crippen LogP contribution >= 0.6 is 0 Å². The van der Waals surface area contributed by atoms with E-state index in [0.717, 1.165) is 62.0 Å². The van der Waals surface area contributed by atoms with E-state index in [2.05, 4.69) is 10.2 Å². The van der Waals surface area contributed by atoms with Gasteiger partial charge in [0.05, 0.1) is 18.6 Å². The first-order valence-electron chi connectivity index (χ1n) is 11.6. The van der Waals surface area contributed by atoms with E-state index in [1.807, 2.05) is 37.3 Å². The number of carbonyl (C=O) groups is 2. The lowest BCUT2D eigenvalue weighted by molar-refractivity contribution is -0.145. The highest BCUT2D eigenvalue weighted by Gasteiger charge is 2.54. The van der Waals surface area contributed by atoms with Gasteiger partial charge in [-0.25, -0.2) is 0 Å². The highest BCUT2D eigenvalue weighted by atomic mass is 16.2. The van der Waals surface area contributed by atoms with Gasteiger partial charge in [0.25, 0.3) is 0 Å². The van der Waals surface area contributed by atoms with Crippen LogP contribution in [0.4, 0.5) is 0 Å². The summed E-state index contributed by atoms with van der Waals surface area (Å²) >= 11 is 0. The lowest BCUT2D eigenvalue weighted by Crippen LogP contribution is -2.54. The van der Waals surface area contributed by atoms with Gasteiger partial charge < -0.3 is 5.32 Å². The van der Waals surface area contributed by atoms with Crippen molar-refractivity contribution >= 4 is 11.7 Å². The van der Waals surface area contributed by atoms with Crippen LogP contribution in [0.1, 0.15) is 69.9 Å². The van der Waals surface area contributed by atoms with E-state index in [4.69, 9.17) is 0 Å². The predicted molar refractivity (Wildman–Crippen MR) is 113 cm³/mol. The van der Waals surface area contributed by atoms with Crippen molar-refractivity contribution in [3.05, 3.63) is 35.9 Å². The molecule has 29 heavy (non-hydrogen) atoms. The van der Waals surface area contributed by atoms with Crippen LogP contribution in [-0.4, -0.2) is 35.7 Å². The Morgan fingerprint density at radius 2 is 1.69 bits per heavy atom. The number of hydrogen-bond donors (Lipinski definition) is 1. The fraction of sp³-hybridized carbons (Fsp3) is 0.680. The number of nitrogens with zero attached hydrogens (tertiary/aromatic N) is 1. The third kappa shape index (κ3) is 3.65. The van der Waals surface area contributed by atoms with Crippen molar-refractivity contribution in [2.75, 3.05) is 13.1 Å². The topological polar surface area (TPSA) is 49.4 Å². The lowest BCUT2D eigenvalue weighted by atomic mass is 9.48. The number of ketones is 1. The number of carbonyl (C=O) groups excluding carboxylic acids is 2. The summed E-state index contributed by atoms with van der Waals surface area (Å²) in [6.07, 6.45) is 9.30. The van der Waals surface area contributed by atoms with Gasteiger partial charge in [0, 0.05) is 5.41 Å². The van der Waals surface area contributed by atoms with Crippen LogP contribution in [0.15, 0.2) is 30.3 Å². The number of hydrogen-bond acceptors (Lipinski definition) is 3. The molecule has 4 bridgehead atoms. The standard InChI is InChI=1S/C25H34N2O2/c1-17(21-6-3-2-4-7-21)26-24(29)22-8-5-9-27(22)16-23(28)25-13-18-10-19(14-25)12-20(11-18)15-25/h2-4,6-7,17-20,22H,5,8-16H2,1H3,(H,26,29)/t17-,18?,19?,20?,22+,25?/m1/s1. The van der Waals surface area contributed by atoms with Crippen molar-refractivity contribution in [2.24, 2.45) is 23.2 Å². The van der Waals surface area contributed by atoms with Crippen molar-refractivity contribution in [3.8, 4) is 0 Å². The normalized spacial score (nSPS) is 36.9. The molecule has 0 unspecified atom stereocenters. The van der Waals surface area contributed by atoms with E-state index >= 15 is 0 Å². The average molecular weight is 395 g/mol. The van der Waals surface area contributed by atoms with Crippen molar-refractivity contribution in [1.82, 2.24) is 10.2 Å². The monoisotopic (exact) mass is 394 g/mol. The molecule has 4 heteroatoms. The Labute approximate surface area is 174 Å². The molecule has 1 aromatic rings. The smallest absolute Gasteiger partial charge is 0.237 e. The molecule has 0 aromatic heterocycles. The number of Topliss-reactive ketones (excluding diaryl/α,β-unsaturated/α-hetero) is 1. The minimum atomic E-state index is -0.154. The van der Waals surface area contributed by atoms with Crippen LogP contribution in [0.3, 0.4) is 0 Å². The molecule has 2 atom stereocenters. The molecule has 4 aliphatic carbocycles. The van der Waals surface area contributed by atoms with Crippen molar-refractivity contribution in [1.29, 1.82) is 0 Å². The molecule has 1 heterocycles. The summed E-state index contributed by atoms with van der Waals surface area (Å²) in [5.74, 6) is 2.88. The van der Waals surface area contributed by atoms with Gasteiger partial charge in [-0.2, -0.15) is 0 Å². The molecular formula is C25H34N2O2. The van der Waals surface area contributed by atoms with E-state index < -0.39 is 0 Å². The number of nitrogens with one attached hydrogen (secondary N) is 1. The average Bonchev–Trinajstić information content (AvgIpc) is 3.16. The molecule has 4 nitrogen and oxygen atoms in total. The Kier molecular flexibility index (Phi) is 5.01. The molecule has 5 fully saturated rings. The Morgan fingerprint density at radius 3 is 2.31 bits per heavy atom. The number of amides is 1. The molecule has 1 aromatic carbocycles. The van der Waals surface area contributed by atoms with Gasteiger partial charge in [0.2, 0.25) is 5.91 Å². The Hall–Kier alpha value is -1.68. The van der Waals surface area contributed by atoms with Crippen molar-refractivity contribution < 1.29 is 9.59 Å². The summed E-state index contributed by atoms with van der Waals surface area (Å²) in [6, 6.07) is 9.94. The second-order valence-electron chi connectivity index (χ2n) is 10.4. The first-order chi connectivity index (χ1) is 14.0. The summed E-state index contributed by atoms with van der Waals surface area (Å²) < 4.78 is 0. The maximum atomic E-state index is 13.5. The number of benzene rings is 1.